The second kappa shape index (κ2) is 6.04. The number of likely N-dealkylation sites (N-methyl/N-ethyl adjacent to an activating group) is 1. The maximum atomic E-state index is 10.0. The van der Waals surface area contributed by atoms with Crippen LogP contribution in [0.2, 0.25) is 0 Å². The number of H-pyrrole nitrogens is 1. The van der Waals surface area contributed by atoms with E-state index in [4.69, 9.17) is 0 Å². The Labute approximate surface area is 142 Å². The number of aliphatic hydroxyl groups excluding tert-OH is 1. The molecule has 0 unspecified atom stereocenters. The summed E-state index contributed by atoms with van der Waals surface area (Å²) in [5, 5.41) is 11.4. The molecule has 1 aliphatic heterocycles. The molecule has 24 heavy (non-hydrogen) atoms. The normalized spacial score (nSPS) is 19.4. The summed E-state index contributed by atoms with van der Waals surface area (Å²) in [5.41, 5.74) is 6.07. The molecule has 0 saturated heterocycles. The minimum Gasteiger partial charge on any atom is -0.389 e. The van der Waals surface area contributed by atoms with Crippen molar-refractivity contribution in [2.24, 2.45) is 0 Å². The SMILES string of the molecule is C[C@@H](O)c1cnccc1C[C@H]1c2[nH]c3ccccc3c2CCN1C. The summed E-state index contributed by atoms with van der Waals surface area (Å²) < 4.78 is 0. The van der Waals surface area contributed by atoms with E-state index in [2.05, 4.69) is 46.2 Å². The molecule has 3 aromatic rings. The molecule has 2 atom stereocenters. The zero-order valence-corrected chi connectivity index (χ0v) is 14.2. The number of aliphatic hydroxyl groups is 1. The van der Waals surface area contributed by atoms with Gasteiger partial charge in [0.25, 0.3) is 0 Å². The first kappa shape index (κ1) is 15.4. The summed E-state index contributed by atoms with van der Waals surface area (Å²) in [4.78, 5) is 10.2. The van der Waals surface area contributed by atoms with Gasteiger partial charge in [-0.15, -0.1) is 0 Å². The van der Waals surface area contributed by atoms with Crippen molar-refractivity contribution < 1.29 is 5.11 Å². The third-order valence-corrected chi connectivity index (χ3v) is 5.24. The molecule has 0 aliphatic carbocycles. The first-order valence-electron chi connectivity index (χ1n) is 8.55. The van der Waals surface area contributed by atoms with Crippen LogP contribution in [-0.4, -0.2) is 33.6 Å². The van der Waals surface area contributed by atoms with E-state index in [0.717, 1.165) is 24.9 Å². The number of nitrogens with one attached hydrogen (secondary N) is 1. The van der Waals surface area contributed by atoms with Gasteiger partial charge < -0.3 is 10.1 Å². The Kier molecular flexibility index (Phi) is 3.87. The molecular formula is C20H23N3O. The lowest BCUT2D eigenvalue weighted by Gasteiger charge is -2.33. The standard InChI is InChI=1S/C20H23N3O/c1-13(24)17-12-21-9-7-14(17)11-19-20-16(8-10-23(19)2)15-5-3-4-6-18(15)22-20/h3-7,9,12-13,19,22,24H,8,10-11H2,1-2H3/t13-,19+/m1/s1. The van der Waals surface area contributed by atoms with E-state index in [-0.39, 0.29) is 0 Å². The van der Waals surface area contributed by atoms with Gasteiger partial charge in [0, 0.05) is 41.1 Å². The van der Waals surface area contributed by atoms with Gasteiger partial charge in [0.1, 0.15) is 0 Å². The first-order valence-corrected chi connectivity index (χ1v) is 8.55. The van der Waals surface area contributed by atoms with E-state index < -0.39 is 6.10 Å². The van der Waals surface area contributed by atoms with E-state index in [1.54, 1.807) is 13.1 Å². The maximum Gasteiger partial charge on any atom is 0.0779 e. The van der Waals surface area contributed by atoms with Crippen molar-refractivity contribution in [2.45, 2.75) is 31.9 Å². The number of benzene rings is 1. The second-order valence-electron chi connectivity index (χ2n) is 6.76. The Balaban J connectivity index is 1.77. The molecule has 2 aromatic heterocycles. The van der Waals surface area contributed by atoms with Crippen molar-refractivity contribution in [1.82, 2.24) is 14.9 Å². The number of aromatic amines is 1. The van der Waals surface area contributed by atoms with Gasteiger partial charge in [-0.25, -0.2) is 0 Å². The molecule has 1 aliphatic rings. The Morgan fingerprint density at radius 3 is 3.00 bits per heavy atom. The first-order chi connectivity index (χ1) is 11.6. The molecule has 0 fully saturated rings. The van der Waals surface area contributed by atoms with Crippen LogP contribution in [0.25, 0.3) is 10.9 Å². The van der Waals surface area contributed by atoms with Crippen molar-refractivity contribution in [3.8, 4) is 0 Å². The maximum absolute atomic E-state index is 10.0. The zero-order chi connectivity index (χ0) is 16.7. The highest BCUT2D eigenvalue weighted by atomic mass is 16.3. The van der Waals surface area contributed by atoms with Gasteiger partial charge in [-0.05, 0) is 50.1 Å². The average molecular weight is 321 g/mol. The van der Waals surface area contributed by atoms with Crippen LogP contribution in [0.4, 0.5) is 0 Å². The fourth-order valence-corrected chi connectivity index (χ4v) is 3.90. The molecule has 4 heteroatoms. The van der Waals surface area contributed by atoms with Crippen molar-refractivity contribution in [2.75, 3.05) is 13.6 Å². The summed E-state index contributed by atoms with van der Waals surface area (Å²) in [5.74, 6) is 0. The number of fused-ring (bicyclic) bond motifs is 3. The highest BCUT2D eigenvalue weighted by molar-refractivity contribution is 5.85. The summed E-state index contributed by atoms with van der Waals surface area (Å²) in [6.07, 6.45) is 5.06. The Bertz CT molecular complexity index is 868. The smallest absolute Gasteiger partial charge is 0.0779 e. The molecule has 0 bridgehead atoms. The lowest BCUT2D eigenvalue weighted by atomic mass is 9.91. The summed E-state index contributed by atoms with van der Waals surface area (Å²) in [7, 11) is 2.18. The number of hydrogen-bond acceptors (Lipinski definition) is 3. The quantitative estimate of drug-likeness (QED) is 0.777. The van der Waals surface area contributed by atoms with Gasteiger partial charge in [-0.3, -0.25) is 9.88 Å². The topological polar surface area (TPSA) is 52.2 Å². The highest BCUT2D eigenvalue weighted by Crippen LogP contribution is 2.36. The monoisotopic (exact) mass is 321 g/mol. The largest absolute Gasteiger partial charge is 0.389 e. The molecule has 124 valence electrons. The van der Waals surface area contributed by atoms with E-state index in [0.29, 0.717) is 6.04 Å². The van der Waals surface area contributed by atoms with Crippen LogP contribution in [0.5, 0.6) is 0 Å². The molecule has 2 N–H and O–H groups in total. The zero-order valence-electron chi connectivity index (χ0n) is 14.2. The number of rotatable bonds is 3. The van der Waals surface area contributed by atoms with Crippen LogP contribution in [-0.2, 0) is 12.8 Å². The molecular weight excluding hydrogens is 298 g/mol. The van der Waals surface area contributed by atoms with Crippen molar-refractivity contribution in [3.63, 3.8) is 0 Å². The van der Waals surface area contributed by atoms with E-state index >= 15 is 0 Å². The number of para-hydroxylation sites is 1. The molecule has 1 aromatic carbocycles. The van der Waals surface area contributed by atoms with Crippen LogP contribution >= 0.6 is 0 Å². The fraction of sp³-hybridized carbons (Fsp3) is 0.350. The number of pyridine rings is 1. The minimum absolute atomic E-state index is 0.293. The lowest BCUT2D eigenvalue weighted by molar-refractivity contribution is 0.194. The van der Waals surface area contributed by atoms with E-state index in [1.807, 2.05) is 12.3 Å². The van der Waals surface area contributed by atoms with Crippen LogP contribution in [0.15, 0.2) is 42.7 Å². The van der Waals surface area contributed by atoms with Crippen molar-refractivity contribution >= 4 is 10.9 Å². The molecule has 0 spiro atoms. The molecule has 0 radical (unpaired) electrons. The van der Waals surface area contributed by atoms with Crippen LogP contribution in [0, 0.1) is 0 Å². The van der Waals surface area contributed by atoms with Crippen LogP contribution in [0.1, 0.15) is 41.5 Å². The van der Waals surface area contributed by atoms with E-state index in [9.17, 15) is 5.11 Å². The fourth-order valence-electron chi connectivity index (χ4n) is 3.90. The average Bonchev–Trinajstić information content (AvgIpc) is 2.96. The Morgan fingerprint density at radius 2 is 2.17 bits per heavy atom. The minimum atomic E-state index is -0.496. The second-order valence-corrected chi connectivity index (χ2v) is 6.76. The van der Waals surface area contributed by atoms with Crippen LogP contribution < -0.4 is 0 Å². The van der Waals surface area contributed by atoms with Crippen molar-refractivity contribution in [3.05, 3.63) is 65.1 Å². The van der Waals surface area contributed by atoms with Gasteiger partial charge in [0.05, 0.1) is 12.1 Å². The molecule has 0 amide bonds. The lowest BCUT2D eigenvalue weighted by Crippen LogP contribution is -2.33. The highest BCUT2D eigenvalue weighted by Gasteiger charge is 2.29. The third-order valence-electron chi connectivity index (χ3n) is 5.24. The number of nitrogens with zero attached hydrogens (tertiary/aromatic N) is 2. The summed E-state index contributed by atoms with van der Waals surface area (Å²) in [6.45, 7) is 2.86. The number of aromatic nitrogens is 2. The summed E-state index contributed by atoms with van der Waals surface area (Å²) in [6, 6.07) is 10.9. The summed E-state index contributed by atoms with van der Waals surface area (Å²) >= 11 is 0. The predicted octanol–water partition coefficient (Wildman–Crippen LogP) is 3.39. The molecule has 3 heterocycles. The van der Waals surface area contributed by atoms with Gasteiger partial charge >= 0.3 is 0 Å². The predicted molar refractivity (Wildman–Crippen MR) is 95.9 cm³/mol. The third kappa shape index (κ3) is 2.52. The molecule has 4 rings (SSSR count). The molecule has 0 saturated carbocycles. The Morgan fingerprint density at radius 1 is 1.33 bits per heavy atom. The van der Waals surface area contributed by atoms with Gasteiger partial charge in [-0.2, -0.15) is 0 Å². The van der Waals surface area contributed by atoms with Gasteiger partial charge in [-0.1, -0.05) is 18.2 Å². The molecule has 4 nitrogen and oxygen atoms in total. The van der Waals surface area contributed by atoms with Gasteiger partial charge in [0.2, 0.25) is 0 Å². The van der Waals surface area contributed by atoms with Gasteiger partial charge in [0.15, 0.2) is 0 Å². The Hall–Kier alpha value is -2.17. The number of hydrogen-bond donors (Lipinski definition) is 2. The van der Waals surface area contributed by atoms with E-state index in [1.165, 1.54) is 27.7 Å². The van der Waals surface area contributed by atoms with Crippen molar-refractivity contribution in [1.29, 1.82) is 0 Å². The van der Waals surface area contributed by atoms with Crippen LogP contribution in [0.3, 0.4) is 0 Å².